The molecule has 0 bridgehead atoms. The molecule has 0 saturated carbocycles. The lowest BCUT2D eigenvalue weighted by atomic mass is 10.2. The molecule has 0 fully saturated rings. The van der Waals surface area contributed by atoms with Gasteiger partial charge in [-0.15, -0.1) is 0 Å². The first-order chi connectivity index (χ1) is 10.6. The van der Waals surface area contributed by atoms with E-state index >= 15 is 0 Å². The number of benzene rings is 1. The smallest absolute Gasteiger partial charge is 0.344 e. The summed E-state index contributed by atoms with van der Waals surface area (Å²) in [4.78, 5) is 12.0. The maximum atomic E-state index is 12.0. The molecule has 1 heterocycles. The zero-order chi connectivity index (χ0) is 16.1. The zero-order valence-corrected chi connectivity index (χ0v) is 13.8. The summed E-state index contributed by atoms with van der Waals surface area (Å²) in [5, 5.41) is 7.90. The Morgan fingerprint density at radius 2 is 2.14 bits per heavy atom. The molecule has 22 heavy (non-hydrogen) atoms. The summed E-state index contributed by atoms with van der Waals surface area (Å²) in [6, 6.07) is 9.87. The summed E-state index contributed by atoms with van der Waals surface area (Å²) in [5.74, 6) is 0.299. The molecule has 0 amide bonds. The first kappa shape index (κ1) is 16.3. The summed E-state index contributed by atoms with van der Waals surface area (Å²) in [5.41, 5.74) is 7.34. The Labute approximate surface area is 138 Å². The normalized spacial score (nSPS) is 10.3. The Kier molecular flexibility index (Phi) is 5.40. The quantitative estimate of drug-likeness (QED) is 0.501. The molecule has 6 nitrogen and oxygen atoms in total. The van der Waals surface area contributed by atoms with E-state index in [-0.39, 0.29) is 11.4 Å². The number of nitrogens with one attached hydrogen (secondary N) is 1. The average molecular weight is 336 g/mol. The Morgan fingerprint density at radius 1 is 1.45 bits per heavy atom. The van der Waals surface area contributed by atoms with Gasteiger partial charge in [-0.05, 0) is 17.8 Å². The maximum absolute atomic E-state index is 12.0. The predicted octanol–water partition coefficient (Wildman–Crippen LogP) is 1.90. The number of nitrogen functional groups attached to an aromatic ring is 1. The predicted molar refractivity (Wildman–Crippen MR) is 91.0 cm³/mol. The van der Waals surface area contributed by atoms with Crippen LogP contribution >= 0.6 is 24.0 Å². The van der Waals surface area contributed by atoms with Crippen molar-refractivity contribution in [1.82, 2.24) is 15.1 Å². The van der Waals surface area contributed by atoms with Crippen LogP contribution in [0.25, 0.3) is 0 Å². The third-order valence-electron chi connectivity index (χ3n) is 2.90. The molecular formula is C14H16N4O2S2. The monoisotopic (exact) mass is 336 g/mol. The van der Waals surface area contributed by atoms with E-state index in [9.17, 15) is 4.79 Å². The lowest BCUT2D eigenvalue weighted by Crippen LogP contribution is -2.26. The van der Waals surface area contributed by atoms with Gasteiger partial charge in [0, 0.05) is 12.8 Å². The number of esters is 1. The molecule has 0 aliphatic rings. The van der Waals surface area contributed by atoms with E-state index in [4.69, 9.17) is 22.7 Å². The van der Waals surface area contributed by atoms with Gasteiger partial charge in [0.25, 0.3) is 0 Å². The van der Waals surface area contributed by atoms with Crippen molar-refractivity contribution in [3.8, 4) is 0 Å². The van der Waals surface area contributed by atoms with E-state index in [0.29, 0.717) is 15.9 Å². The Hall–Kier alpha value is -2.06. The minimum atomic E-state index is -0.529. The standard InChI is InChI=1S/C14H16N4O2S2/c1-16-14(21)18-11(15)10(13(19)20-2)12(17-18)22-8-9-6-4-3-5-7-9/h3-7H,8,15H2,1-2H3,(H,16,21). The highest BCUT2D eigenvalue weighted by Gasteiger charge is 2.24. The number of thioether (sulfide) groups is 1. The van der Waals surface area contributed by atoms with E-state index in [2.05, 4.69) is 10.4 Å². The number of nitrogens with two attached hydrogens (primary N) is 1. The van der Waals surface area contributed by atoms with Crippen molar-refractivity contribution in [3.05, 3.63) is 41.5 Å². The van der Waals surface area contributed by atoms with Crippen molar-refractivity contribution in [1.29, 1.82) is 0 Å². The molecule has 0 aliphatic heterocycles. The molecule has 0 atom stereocenters. The molecule has 2 aromatic rings. The summed E-state index contributed by atoms with van der Waals surface area (Å²) >= 11 is 6.54. The third-order valence-corrected chi connectivity index (χ3v) is 4.32. The van der Waals surface area contributed by atoms with Crippen molar-refractivity contribution < 1.29 is 9.53 Å². The number of hydrogen-bond donors (Lipinski definition) is 2. The fraction of sp³-hybridized carbons (Fsp3) is 0.214. The topological polar surface area (TPSA) is 82.2 Å². The van der Waals surface area contributed by atoms with Gasteiger partial charge in [0.05, 0.1) is 7.11 Å². The lowest BCUT2D eigenvalue weighted by molar-refractivity contribution is 0.0598. The molecule has 0 aliphatic carbocycles. The summed E-state index contributed by atoms with van der Waals surface area (Å²) in [7, 11) is 2.97. The van der Waals surface area contributed by atoms with Gasteiger partial charge in [0.2, 0.25) is 0 Å². The molecule has 0 saturated heterocycles. The van der Waals surface area contributed by atoms with Gasteiger partial charge in [-0.2, -0.15) is 9.78 Å². The number of hydrogen-bond acceptors (Lipinski definition) is 6. The second-order valence-corrected chi connectivity index (χ2v) is 5.65. The van der Waals surface area contributed by atoms with Crippen molar-refractivity contribution in [3.63, 3.8) is 0 Å². The molecule has 3 N–H and O–H groups in total. The number of anilines is 1. The SMILES string of the molecule is CNC(=S)n1nc(SCc2ccccc2)c(C(=O)OC)c1N. The molecule has 8 heteroatoms. The first-order valence-electron chi connectivity index (χ1n) is 6.44. The van der Waals surface area contributed by atoms with Crippen LogP contribution in [0.4, 0.5) is 5.82 Å². The molecule has 0 radical (unpaired) electrons. The van der Waals surface area contributed by atoms with E-state index < -0.39 is 5.97 Å². The fourth-order valence-corrected chi connectivity index (χ4v) is 2.90. The number of aromatic nitrogens is 2. The molecule has 1 aromatic carbocycles. The molecule has 2 rings (SSSR count). The number of methoxy groups -OCH3 is 1. The van der Waals surface area contributed by atoms with Gasteiger partial charge in [-0.25, -0.2) is 4.79 Å². The zero-order valence-electron chi connectivity index (χ0n) is 12.2. The lowest BCUT2D eigenvalue weighted by Gasteiger charge is -2.04. The van der Waals surface area contributed by atoms with Crippen molar-refractivity contribution >= 4 is 40.9 Å². The second-order valence-electron chi connectivity index (χ2n) is 4.30. The first-order valence-corrected chi connectivity index (χ1v) is 7.83. The van der Waals surface area contributed by atoms with Gasteiger partial charge in [-0.3, -0.25) is 0 Å². The van der Waals surface area contributed by atoms with Crippen LogP contribution < -0.4 is 11.1 Å². The molecule has 1 aromatic heterocycles. The largest absolute Gasteiger partial charge is 0.465 e. The highest BCUT2D eigenvalue weighted by molar-refractivity contribution is 7.98. The van der Waals surface area contributed by atoms with E-state index in [1.54, 1.807) is 7.05 Å². The Morgan fingerprint density at radius 3 is 2.73 bits per heavy atom. The van der Waals surface area contributed by atoms with Crippen LogP contribution in [-0.2, 0) is 10.5 Å². The van der Waals surface area contributed by atoms with E-state index in [1.165, 1.54) is 23.6 Å². The number of thiocarbonyl (C=S) groups is 1. The van der Waals surface area contributed by atoms with Crippen LogP contribution in [0.1, 0.15) is 15.9 Å². The van der Waals surface area contributed by atoms with Crippen LogP contribution in [0.3, 0.4) is 0 Å². The number of carbonyl (C=O) groups is 1. The van der Waals surface area contributed by atoms with Gasteiger partial charge in [0.1, 0.15) is 16.4 Å². The van der Waals surface area contributed by atoms with Gasteiger partial charge in [0.15, 0.2) is 5.11 Å². The van der Waals surface area contributed by atoms with E-state index in [1.807, 2.05) is 30.3 Å². The molecule has 0 unspecified atom stereocenters. The van der Waals surface area contributed by atoms with Crippen LogP contribution in [0, 0.1) is 0 Å². The second kappa shape index (κ2) is 7.28. The minimum Gasteiger partial charge on any atom is -0.465 e. The Balaban J connectivity index is 2.32. The van der Waals surface area contributed by atoms with Crippen LogP contribution in [-0.4, -0.2) is 35.0 Å². The number of rotatable bonds is 4. The minimum absolute atomic E-state index is 0.168. The number of carbonyl (C=O) groups excluding carboxylic acids is 1. The van der Waals surface area contributed by atoms with Crippen molar-refractivity contribution in [2.24, 2.45) is 0 Å². The van der Waals surface area contributed by atoms with Crippen molar-refractivity contribution in [2.45, 2.75) is 10.8 Å². The Bertz CT molecular complexity index is 686. The summed E-state index contributed by atoms with van der Waals surface area (Å²) in [6.45, 7) is 0. The summed E-state index contributed by atoms with van der Waals surface area (Å²) in [6.07, 6.45) is 0. The molecule has 116 valence electrons. The van der Waals surface area contributed by atoms with Gasteiger partial charge < -0.3 is 15.8 Å². The van der Waals surface area contributed by atoms with Gasteiger partial charge in [-0.1, -0.05) is 42.1 Å². The van der Waals surface area contributed by atoms with Gasteiger partial charge >= 0.3 is 5.97 Å². The fourth-order valence-electron chi connectivity index (χ4n) is 1.79. The molecular weight excluding hydrogens is 320 g/mol. The van der Waals surface area contributed by atoms with Crippen LogP contribution in [0.2, 0.25) is 0 Å². The highest BCUT2D eigenvalue weighted by Crippen LogP contribution is 2.29. The highest BCUT2D eigenvalue weighted by atomic mass is 32.2. The van der Waals surface area contributed by atoms with E-state index in [0.717, 1.165) is 5.56 Å². The maximum Gasteiger partial charge on any atom is 0.344 e. The third kappa shape index (κ3) is 3.40. The number of nitrogens with zero attached hydrogens (tertiary/aromatic N) is 2. The van der Waals surface area contributed by atoms with Crippen LogP contribution in [0.15, 0.2) is 35.4 Å². The van der Waals surface area contributed by atoms with Crippen molar-refractivity contribution in [2.75, 3.05) is 19.9 Å². The molecule has 0 spiro atoms. The number of ether oxygens (including phenoxy) is 1. The summed E-state index contributed by atoms with van der Waals surface area (Å²) < 4.78 is 6.12. The average Bonchev–Trinajstić information content (AvgIpc) is 2.89. The van der Waals surface area contributed by atoms with Crippen LogP contribution in [0.5, 0.6) is 0 Å².